The van der Waals surface area contributed by atoms with E-state index < -0.39 is 0 Å². The number of primary amides is 1. The zero-order valence-corrected chi connectivity index (χ0v) is 11.1. The molecule has 0 aromatic heterocycles. The predicted octanol–water partition coefficient (Wildman–Crippen LogP) is 2.12. The van der Waals surface area contributed by atoms with Crippen LogP contribution in [0, 0.1) is 5.92 Å². The van der Waals surface area contributed by atoms with Gasteiger partial charge in [0.15, 0.2) is 0 Å². The third-order valence-corrected chi connectivity index (χ3v) is 3.52. The van der Waals surface area contributed by atoms with Crippen molar-refractivity contribution in [2.45, 2.75) is 25.3 Å². The molecule has 0 heterocycles. The first-order valence-corrected chi connectivity index (χ1v) is 6.56. The Balaban J connectivity index is 1.92. The van der Waals surface area contributed by atoms with Crippen molar-refractivity contribution in [2.75, 3.05) is 5.32 Å². The van der Waals surface area contributed by atoms with Gasteiger partial charge in [0.1, 0.15) is 0 Å². The van der Waals surface area contributed by atoms with Gasteiger partial charge in [0.05, 0.1) is 5.92 Å². The number of amides is 3. The summed E-state index contributed by atoms with van der Waals surface area (Å²) >= 11 is 5.83. The van der Waals surface area contributed by atoms with E-state index in [1.807, 2.05) is 0 Å². The molecule has 4 N–H and O–H groups in total. The van der Waals surface area contributed by atoms with Gasteiger partial charge in [-0.2, -0.15) is 0 Å². The van der Waals surface area contributed by atoms with Gasteiger partial charge in [0, 0.05) is 16.8 Å². The van der Waals surface area contributed by atoms with E-state index in [1.54, 1.807) is 24.3 Å². The van der Waals surface area contributed by atoms with Crippen LogP contribution in [0.3, 0.4) is 0 Å². The van der Waals surface area contributed by atoms with Crippen LogP contribution < -0.4 is 16.4 Å². The van der Waals surface area contributed by atoms with E-state index in [0.717, 1.165) is 19.3 Å². The largest absolute Gasteiger partial charge is 0.369 e. The van der Waals surface area contributed by atoms with Crippen LogP contribution in [0.5, 0.6) is 0 Å². The highest BCUT2D eigenvalue weighted by molar-refractivity contribution is 6.30. The molecule has 5 nitrogen and oxygen atoms in total. The number of rotatable bonds is 3. The smallest absolute Gasteiger partial charge is 0.319 e. The molecule has 0 spiro atoms. The Kier molecular flexibility index (Phi) is 4.27. The number of halogens is 1. The molecule has 2 rings (SSSR count). The third-order valence-electron chi connectivity index (χ3n) is 3.28. The van der Waals surface area contributed by atoms with Gasteiger partial charge < -0.3 is 16.4 Å². The minimum atomic E-state index is -0.356. The van der Waals surface area contributed by atoms with Crippen molar-refractivity contribution in [3.05, 3.63) is 29.3 Å². The van der Waals surface area contributed by atoms with Gasteiger partial charge in [-0.1, -0.05) is 24.1 Å². The molecule has 1 aromatic carbocycles. The molecule has 0 radical (unpaired) electrons. The van der Waals surface area contributed by atoms with Gasteiger partial charge in [-0.25, -0.2) is 4.79 Å². The van der Waals surface area contributed by atoms with Crippen molar-refractivity contribution in [1.82, 2.24) is 5.32 Å². The molecule has 3 amide bonds. The molecule has 2 atom stereocenters. The number of anilines is 1. The molecule has 1 saturated carbocycles. The van der Waals surface area contributed by atoms with Gasteiger partial charge in [0.25, 0.3) is 0 Å². The summed E-state index contributed by atoms with van der Waals surface area (Å²) < 4.78 is 0. The maximum Gasteiger partial charge on any atom is 0.319 e. The maximum absolute atomic E-state index is 11.8. The molecule has 102 valence electrons. The monoisotopic (exact) mass is 281 g/mol. The highest BCUT2D eigenvalue weighted by atomic mass is 35.5. The Hall–Kier alpha value is -1.75. The summed E-state index contributed by atoms with van der Waals surface area (Å²) in [4.78, 5) is 23.1. The molecule has 1 fully saturated rings. The van der Waals surface area contributed by atoms with Crippen molar-refractivity contribution < 1.29 is 9.59 Å². The van der Waals surface area contributed by atoms with Crippen molar-refractivity contribution in [2.24, 2.45) is 11.7 Å². The summed E-state index contributed by atoms with van der Waals surface area (Å²) in [6.45, 7) is 0. The molecule has 1 aliphatic carbocycles. The van der Waals surface area contributed by atoms with Gasteiger partial charge >= 0.3 is 6.03 Å². The fourth-order valence-electron chi connectivity index (χ4n) is 2.38. The lowest BCUT2D eigenvalue weighted by atomic mass is 10.0. The predicted molar refractivity (Wildman–Crippen MR) is 73.9 cm³/mol. The first kappa shape index (κ1) is 13.7. The molecule has 1 aliphatic rings. The Bertz CT molecular complexity index is 493. The second-order valence-electron chi connectivity index (χ2n) is 4.66. The van der Waals surface area contributed by atoms with E-state index in [1.165, 1.54) is 0 Å². The number of hydrogen-bond donors (Lipinski definition) is 3. The fraction of sp³-hybridized carbons (Fsp3) is 0.385. The molecule has 1 aromatic rings. The summed E-state index contributed by atoms with van der Waals surface area (Å²) in [7, 11) is 0. The van der Waals surface area contributed by atoms with Crippen LogP contribution in [-0.2, 0) is 4.79 Å². The van der Waals surface area contributed by atoms with Crippen molar-refractivity contribution >= 4 is 29.2 Å². The second kappa shape index (κ2) is 5.93. The lowest BCUT2D eigenvalue weighted by Gasteiger charge is -2.18. The SMILES string of the molecule is NC(=O)C1CCCC1NC(=O)Nc1cccc(Cl)c1. The Morgan fingerprint density at radius 2 is 2.11 bits per heavy atom. The number of urea groups is 1. The van der Waals surface area contributed by atoms with E-state index in [-0.39, 0.29) is 23.9 Å². The lowest BCUT2D eigenvalue weighted by Crippen LogP contribution is -2.44. The molecule has 0 bridgehead atoms. The van der Waals surface area contributed by atoms with E-state index in [0.29, 0.717) is 10.7 Å². The maximum atomic E-state index is 11.8. The van der Waals surface area contributed by atoms with Crippen LogP contribution >= 0.6 is 11.6 Å². The fourth-order valence-corrected chi connectivity index (χ4v) is 2.57. The standard InChI is InChI=1S/C13H16ClN3O2/c14-8-3-1-4-9(7-8)16-13(19)17-11-6-2-5-10(11)12(15)18/h1,3-4,7,10-11H,2,5-6H2,(H2,15,18)(H2,16,17,19). The summed E-state index contributed by atoms with van der Waals surface area (Å²) in [6.07, 6.45) is 2.41. The van der Waals surface area contributed by atoms with Gasteiger partial charge in [-0.05, 0) is 31.0 Å². The number of carbonyl (C=O) groups is 2. The lowest BCUT2D eigenvalue weighted by molar-refractivity contribution is -0.122. The van der Waals surface area contributed by atoms with E-state index >= 15 is 0 Å². The minimum absolute atomic E-state index is 0.184. The summed E-state index contributed by atoms with van der Waals surface area (Å²) in [5.41, 5.74) is 5.92. The van der Waals surface area contributed by atoms with Gasteiger partial charge in [-0.15, -0.1) is 0 Å². The number of nitrogens with two attached hydrogens (primary N) is 1. The highest BCUT2D eigenvalue weighted by Crippen LogP contribution is 2.25. The van der Waals surface area contributed by atoms with Crippen LogP contribution in [0.15, 0.2) is 24.3 Å². The number of benzene rings is 1. The number of hydrogen-bond acceptors (Lipinski definition) is 2. The summed E-state index contributed by atoms with van der Waals surface area (Å²) in [5.74, 6) is -0.629. The normalized spacial score (nSPS) is 21.9. The average Bonchev–Trinajstić information content (AvgIpc) is 2.76. The number of carbonyl (C=O) groups excluding carboxylic acids is 2. The van der Waals surface area contributed by atoms with Gasteiger partial charge in [-0.3, -0.25) is 4.79 Å². The van der Waals surface area contributed by atoms with Crippen LogP contribution in [-0.4, -0.2) is 18.0 Å². The zero-order chi connectivity index (χ0) is 13.8. The van der Waals surface area contributed by atoms with E-state index in [4.69, 9.17) is 17.3 Å². The summed E-state index contributed by atoms with van der Waals surface area (Å²) in [5, 5.41) is 6.02. The zero-order valence-electron chi connectivity index (χ0n) is 10.4. The molecule has 0 aliphatic heterocycles. The average molecular weight is 282 g/mol. The molecule has 19 heavy (non-hydrogen) atoms. The Labute approximate surface area is 116 Å². The van der Waals surface area contributed by atoms with Crippen LogP contribution in [0.25, 0.3) is 0 Å². The second-order valence-corrected chi connectivity index (χ2v) is 5.09. The third kappa shape index (κ3) is 3.61. The molecule has 0 saturated heterocycles. The topological polar surface area (TPSA) is 84.2 Å². The minimum Gasteiger partial charge on any atom is -0.369 e. The van der Waals surface area contributed by atoms with Crippen LogP contribution in [0.2, 0.25) is 5.02 Å². The molecular formula is C13H16ClN3O2. The Morgan fingerprint density at radius 1 is 1.32 bits per heavy atom. The molecular weight excluding hydrogens is 266 g/mol. The van der Waals surface area contributed by atoms with Crippen molar-refractivity contribution in [1.29, 1.82) is 0 Å². The van der Waals surface area contributed by atoms with Crippen molar-refractivity contribution in [3.8, 4) is 0 Å². The van der Waals surface area contributed by atoms with Crippen LogP contribution in [0.1, 0.15) is 19.3 Å². The van der Waals surface area contributed by atoms with E-state index in [9.17, 15) is 9.59 Å². The van der Waals surface area contributed by atoms with Crippen LogP contribution in [0.4, 0.5) is 10.5 Å². The molecule has 6 heteroatoms. The first-order chi connectivity index (χ1) is 9.06. The van der Waals surface area contributed by atoms with E-state index in [2.05, 4.69) is 10.6 Å². The highest BCUT2D eigenvalue weighted by Gasteiger charge is 2.32. The quantitative estimate of drug-likeness (QED) is 0.793. The van der Waals surface area contributed by atoms with Crippen molar-refractivity contribution in [3.63, 3.8) is 0 Å². The number of nitrogens with one attached hydrogen (secondary N) is 2. The Morgan fingerprint density at radius 3 is 2.79 bits per heavy atom. The first-order valence-electron chi connectivity index (χ1n) is 6.18. The van der Waals surface area contributed by atoms with Gasteiger partial charge in [0.2, 0.25) is 5.91 Å². The molecule has 2 unspecified atom stereocenters. The summed E-state index contributed by atoms with van der Waals surface area (Å²) in [6, 6.07) is 6.34.